The molecule has 1 atom stereocenters. The van der Waals surface area contributed by atoms with E-state index in [1.54, 1.807) is 35.5 Å². The number of aliphatic hydroxyl groups is 1. The van der Waals surface area contributed by atoms with Gasteiger partial charge in [0, 0.05) is 30.7 Å². The summed E-state index contributed by atoms with van der Waals surface area (Å²) in [5, 5.41) is 14.0. The molecule has 0 aliphatic carbocycles. The summed E-state index contributed by atoms with van der Waals surface area (Å²) in [6.07, 6.45) is 5.84. The van der Waals surface area contributed by atoms with Crippen LogP contribution in [0.3, 0.4) is 0 Å². The standard InChI is InChI=1S/C10H12N4O/c1-2-14-7-8(6-13-14)9(15)10-11-4-3-5-12-10/h3-7,9,15H,2H2,1H3. The fraction of sp³-hybridized carbons (Fsp3) is 0.300. The van der Waals surface area contributed by atoms with Gasteiger partial charge >= 0.3 is 0 Å². The van der Waals surface area contributed by atoms with Gasteiger partial charge in [0.05, 0.1) is 6.20 Å². The highest BCUT2D eigenvalue weighted by Gasteiger charge is 2.14. The van der Waals surface area contributed by atoms with Gasteiger partial charge in [0.15, 0.2) is 5.82 Å². The first-order chi connectivity index (χ1) is 7.31. The second-order valence-electron chi connectivity index (χ2n) is 3.14. The summed E-state index contributed by atoms with van der Waals surface area (Å²) in [5.41, 5.74) is 0.711. The van der Waals surface area contributed by atoms with E-state index in [0.717, 1.165) is 6.54 Å². The van der Waals surface area contributed by atoms with Crippen LogP contribution in [0.25, 0.3) is 0 Å². The van der Waals surface area contributed by atoms with E-state index in [1.165, 1.54) is 0 Å². The van der Waals surface area contributed by atoms with Gasteiger partial charge in [0.1, 0.15) is 6.10 Å². The first kappa shape index (κ1) is 9.79. The third kappa shape index (κ3) is 2.02. The maximum Gasteiger partial charge on any atom is 0.161 e. The molecule has 2 rings (SSSR count). The highest BCUT2D eigenvalue weighted by Crippen LogP contribution is 2.16. The summed E-state index contributed by atoms with van der Waals surface area (Å²) >= 11 is 0. The molecule has 5 heteroatoms. The molecule has 2 aromatic heterocycles. The lowest BCUT2D eigenvalue weighted by molar-refractivity contribution is 0.209. The van der Waals surface area contributed by atoms with Crippen LogP contribution in [-0.2, 0) is 6.54 Å². The van der Waals surface area contributed by atoms with Crippen molar-refractivity contribution in [2.45, 2.75) is 19.6 Å². The van der Waals surface area contributed by atoms with Gasteiger partial charge < -0.3 is 5.11 Å². The normalized spacial score (nSPS) is 12.7. The van der Waals surface area contributed by atoms with Crippen molar-refractivity contribution in [3.63, 3.8) is 0 Å². The molecule has 0 saturated carbocycles. The van der Waals surface area contributed by atoms with Gasteiger partial charge in [-0.3, -0.25) is 4.68 Å². The Bertz CT molecular complexity index is 426. The summed E-state index contributed by atoms with van der Waals surface area (Å²) in [6, 6.07) is 1.71. The third-order valence-corrected chi connectivity index (χ3v) is 2.12. The quantitative estimate of drug-likeness (QED) is 0.802. The number of hydrogen-bond acceptors (Lipinski definition) is 4. The first-order valence-corrected chi connectivity index (χ1v) is 4.78. The molecular formula is C10H12N4O. The van der Waals surface area contributed by atoms with E-state index in [0.29, 0.717) is 11.4 Å². The number of hydrogen-bond donors (Lipinski definition) is 1. The Kier molecular flexibility index (Phi) is 2.73. The Morgan fingerprint density at radius 1 is 1.40 bits per heavy atom. The zero-order chi connectivity index (χ0) is 10.7. The van der Waals surface area contributed by atoms with E-state index in [1.807, 2.05) is 6.92 Å². The second kappa shape index (κ2) is 4.18. The Labute approximate surface area is 87.4 Å². The molecule has 0 aromatic carbocycles. The van der Waals surface area contributed by atoms with Crippen LogP contribution in [0.15, 0.2) is 30.9 Å². The van der Waals surface area contributed by atoms with E-state index in [2.05, 4.69) is 15.1 Å². The molecule has 0 aliphatic heterocycles. The van der Waals surface area contributed by atoms with Crippen molar-refractivity contribution in [3.05, 3.63) is 42.2 Å². The molecule has 15 heavy (non-hydrogen) atoms. The third-order valence-electron chi connectivity index (χ3n) is 2.12. The van der Waals surface area contributed by atoms with E-state index >= 15 is 0 Å². The minimum atomic E-state index is -0.800. The van der Waals surface area contributed by atoms with Gasteiger partial charge in [-0.2, -0.15) is 5.10 Å². The van der Waals surface area contributed by atoms with Crippen molar-refractivity contribution in [2.75, 3.05) is 0 Å². The smallest absolute Gasteiger partial charge is 0.161 e. The van der Waals surface area contributed by atoms with E-state index in [4.69, 9.17) is 0 Å². The predicted molar refractivity (Wildman–Crippen MR) is 54.0 cm³/mol. The van der Waals surface area contributed by atoms with Crippen LogP contribution in [-0.4, -0.2) is 24.9 Å². The Morgan fingerprint density at radius 3 is 2.73 bits per heavy atom. The van der Waals surface area contributed by atoms with Gasteiger partial charge in [0.2, 0.25) is 0 Å². The molecule has 0 radical (unpaired) electrons. The lowest BCUT2D eigenvalue weighted by Gasteiger charge is -2.05. The molecule has 0 amide bonds. The molecule has 2 aromatic rings. The minimum absolute atomic E-state index is 0.396. The summed E-state index contributed by atoms with van der Waals surface area (Å²) in [5.74, 6) is 0.396. The van der Waals surface area contributed by atoms with Crippen LogP contribution in [0, 0.1) is 0 Å². The van der Waals surface area contributed by atoms with Crippen LogP contribution in [0.5, 0.6) is 0 Å². The Morgan fingerprint density at radius 2 is 2.13 bits per heavy atom. The molecule has 1 unspecified atom stereocenters. The highest BCUT2D eigenvalue weighted by atomic mass is 16.3. The molecule has 0 spiro atoms. The van der Waals surface area contributed by atoms with Crippen molar-refractivity contribution in [3.8, 4) is 0 Å². The monoisotopic (exact) mass is 204 g/mol. The summed E-state index contributed by atoms with van der Waals surface area (Å²) in [7, 11) is 0. The number of nitrogens with zero attached hydrogens (tertiary/aromatic N) is 4. The van der Waals surface area contributed by atoms with Gasteiger partial charge in [-0.25, -0.2) is 9.97 Å². The van der Waals surface area contributed by atoms with Gasteiger partial charge in [0.25, 0.3) is 0 Å². The molecular weight excluding hydrogens is 192 g/mol. The van der Waals surface area contributed by atoms with Gasteiger partial charge in [-0.05, 0) is 13.0 Å². The molecule has 0 saturated heterocycles. The van der Waals surface area contributed by atoms with E-state index in [9.17, 15) is 5.11 Å². The zero-order valence-electron chi connectivity index (χ0n) is 8.41. The van der Waals surface area contributed by atoms with Crippen LogP contribution < -0.4 is 0 Å². The van der Waals surface area contributed by atoms with Crippen molar-refractivity contribution in [2.24, 2.45) is 0 Å². The highest BCUT2D eigenvalue weighted by molar-refractivity contribution is 5.15. The van der Waals surface area contributed by atoms with Gasteiger partial charge in [-0.1, -0.05) is 0 Å². The number of rotatable bonds is 3. The Hall–Kier alpha value is -1.75. The fourth-order valence-corrected chi connectivity index (χ4v) is 1.29. The van der Waals surface area contributed by atoms with Crippen LogP contribution in [0.1, 0.15) is 24.4 Å². The fourth-order valence-electron chi connectivity index (χ4n) is 1.29. The zero-order valence-corrected chi connectivity index (χ0v) is 8.41. The molecule has 1 N–H and O–H groups in total. The second-order valence-corrected chi connectivity index (χ2v) is 3.14. The van der Waals surface area contributed by atoms with E-state index in [-0.39, 0.29) is 0 Å². The maximum absolute atomic E-state index is 9.92. The van der Waals surface area contributed by atoms with Crippen molar-refractivity contribution in [1.82, 2.24) is 19.7 Å². The lowest BCUT2D eigenvalue weighted by atomic mass is 10.2. The summed E-state index contributed by atoms with van der Waals surface area (Å²) < 4.78 is 1.75. The molecule has 0 aliphatic rings. The predicted octanol–water partition coefficient (Wildman–Crippen LogP) is 0.775. The van der Waals surface area contributed by atoms with Gasteiger partial charge in [-0.15, -0.1) is 0 Å². The lowest BCUT2D eigenvalue weighted by Crippen LogP contribution is -2.03. The van der Waals surface area contributed by atoms with Crippen LogP contribution in [0.4, 0.5) is 0 Å². The Balaban J connectivity index is 2.24. The summed E-state index contributed by atoms with van der Waals surface area (Å²) in [6.45, 7) is 2.77. The number of aliphatic hydroxyl groups excluding tert-OH is 1. The average Bonchev–Trinajstić information content (AvgIpc) is 2.78. The molecule has 2 heterocycles. The molecule has 78 valence electrons. The molecule has 0 bridgehead atoms. The average molecular weight is 204 g/mol. The van der Waals surface area contributed by atoms with Crippen LogP contribution >= 0.6 is 0 Å². The van der Waals surface area contributed by atoms with Crippen LogP contribution in [0.2, 0.25) is 0 Å². The summed E-state index contributed by atoms with van der Waals surface area (Å²) in [4.78, 5) is 7.98. The maximum atomic E-state index is 9.92. The van der Waals surface area contributed by atoms with Crippen molar-refractivity contribution in [1.29, 1.82) is 0 Å². The number of aromatic nitrogens is 4. The topological polar surface area (TPSA) is 63.8 Å². The SMILES string of the molecule is CCn1cc(C(O)c2ncccn2)cn1. The number of aryl methyl sites for hydroxylation is 1. The van der Waals surface area contributed by atoms with Crippen molar-refractivity contribution >= 4 is 0 Å². The largest absolute Gasteiger partial charge is 0.380 e. The molecule has 0 fully saturated rings. The first-order valence-electron chi connectivity index (χ1n) is 4.78. The van der Waals surface area contributed by atoms with Crippen molar-refractivity contribution < 1.29 is 5.11 Å². The minimum Gasteiger partial charge on any atom is -0.380 e. The van der Waals surface area contributed by atoms with E-state index < -0.39 is 6.10 Å². The molecule has 5 nitrogen and oxygen atoms in total.